The molecule has 28 heavy (non-hydrogen) atoms. The maximum atomic E-state index is 12.7. The Morgan fingerprint density at radius 2 is 1.29 bits per heavy atom. The number of ether oxygens (including phenoxy) is 2. The summed E-state index contributed by atoms with van der Waals surface area (Å²) >= 11 is 0. The molecule has 0 amide bonds. The molecule has 0 heterocycles. The van der Waals surface area contributed by atoms with Crippen molar-refractivity contribution in [3.8, 4) is 0 Å². The standard InChI is InChI=1S/C24H24O4/c25-23(15-7-3-1-4-8-15)27-20-14-19-17-11-12-18(13-17)21(19)22(20)28-24(26)16-9-5-2-6-10-16/h1-10,17-22H,11-14H2/t17?,18?,19?,20-,21?,22?/m1/s1. The first-order valence-electron chi connectivity index (χ1n) is 10.2. The Kier molecular flexibility index (Phi) is 4.42. The Morgan fingerprint density at radius 3 is 1.93 bits per heavy atom. The number of benzene rings is 2. The van der Waals surface area contributed by atoms with Gasteiger partial charge in [-0.25, -0.2) is 9.59 Å². The molecule has 0 aromatic heterocycles. The third-order valence-electron chi connectivity index (χ3n) is 6.93. The van der Waals surface area contributed by atoms with Gasteiger partial charge in [-0.3, -0.25) is 0 Å². The van der Waals surface area contributed by atoms with Crippen LogP contribution in [0.15, 0.2) is 60.7 Å². The number of fused-ring (bicyclic) bond motifs is 5. The van der Waals surface area contributed by atoms with Crippen LogP contribution in [0.4, 0.5) is 0 Å². The number of hydrogen-bond acceptors (Lipinski definition) is 4. The quantitative estimate of drug-likeness (QED) is 0.737. The molecule has 5 unspecified atom stereocenters. The highest BCUT2D eigenvalue weighted by Crippen LogP contribution is 2.60. The third-order valence-corrected chi connectivity index (χ3v) is 6.93. The monoisotopic (exact) mass is 376 g/mol. The summed E-state index contributed by atoms with van der Waals surface area (Å²) < 4.78 is 11.9. The predicted octanol–water partition coefficient (Wildman–Crippen LogP) is 4.50. The van der Waals surface area contributed by atoms with Crippen molar-refractivity contribution in [2.75, 3.05) is 0 Å². The molecular formula is C24H24O4. The molecule has 0 radical (unpaired) electrons. The van der Waals surface area contributed by atoms with Crippen LogP contribution in [0.1, 0.15) is 46.4 Å². The number of carbonyl (C=O) groups excluding carboxylic acids is 2. The van der Waals surface area contributed by atoms with Crippen molar-refractivity contribution >= 4 is 11.9 Å². The molecule has 6 atom stereocenters. The summed E-state index contributed by atoms with van der Waals surface area (Å²) in [6, 6.07) is 18.1. The van der Waals surface area contributed by atoms with E-state index in [4.69, 9.17) is 9.47 Å². The minimum atomic E-state index is -0.362. The van der Waals surface area contributed by atoms with Crippen LogP contribution in [-0.4, -0.2) is 24.1 Å². The number of hydrogen-bond donors (Lipinski definition) is 0. The zero-order valence-corrected chi connectivity index (χ0v) is 15.7. The molecule has 3 fully saturated rings. The lowest BCUT2D eigenvalue weighted by molar-refractivity contribution is -0.0416. The van der Waals surface area contributed by atoms with E-state index in [1.807, 2.05) is 36.4 Å². The Bertz CT molecular complexity index is 863. The van der Waals surface area contributed by atoms with Crippen LogP contribution in [0.25, 0.3) is 0 Å². The van der Waals surface area contributed by atoms with E-state index in [0.29, 0.717) is 34.8 Å². The fourth-order valence-electron chi connectivity index (χ4n) is 5.78. The molecule has 4 nitrogen and oxygen atoms in total. The Labute approximate surface area is 164 Å². The minimum Gasteiger partial charge on any atom is -0.455 e. The van der Waals surface area contributed by atoms with Gasteiger partial charge in [0.2, 0.25) is 0 Å². The molecule has 0 saturated heterocycles. The van der Waals surface area contributed by atoms with Crippen molar-refractivity contribution < 1.29 is 19.1 Å². The van der Waals surface area contributed by atoms with Crippen LogP contribution in [0.3, 0.4) is 0 Å². The normalized spacial score (nSPS) is 32.7. The second-order valence-corrected chi connectivity index (χ2v) is 8.36. The fraction of sp³-hybridized carbons (Fsp3) is 0.417. The molecule has 2 bridgehead atoms. The second-order valence-electron chi connectivity index (χ2n) is 8.36. The Hall–Kier alpha value is -2.62. The van der Waals surface area contributed by atoms with E-state index in [1.165, 1.54) is 19.3 Å². The van der Waals surface area contributed by atoms with Crippen LogP contribution >= 0.6 is 0 Å². The van der Waals surface area contributed by atoms with Crippen LogP contribution in [-0.2, 0) is 9.47 Å². The molecule has 0 aliphatic heterocycles. The molecule has 0 N–H and O–H groups in total. The van der Waals surface area contributed by atoms with Crippen LogP contribution in [0, 0.1) is 23.7 Å². The maximum Gasteiger partial charge on any atom is 0.338 e. The number of esters is 2. The van der Waals surface area contributed by atoms with Crippen LogP contribution in [0.5, 0.6) is 0 Å². The van der Waals surface area contributed by atoms with E-state index in [1.54, 1.807) is 24.3 Å². The molecular weight excluding hydrogens is 352 g/mol. The lowest BCUT2D eigenvalue weighted by Crippen LogP contribution is -2.37. The zero-order valence-electron chi connectivity index (χ0n) is 15.7. The third kappa shape index (κ3) is 3.01. The van der Waals surface area contributed by atoms with Gasteiger partial charge in [0.25, 0.3) is 0 Å². The Balaban J connectivity index is 1.37. The molecule has 144 valence electrons. The van der Waals surface area contributed by atoms with Gasteiger partial charge in [0.1, 0.15) is 12.2 Å². The van der Waals surface area contributed by atoms with Gasteiger partial charge in [0.05, 0.1) is 11.1 Å². The van der Waals surface area contributed by atoms with E-state index >= 15 is 0 Å². The fourth-order valence-corrected chi connectivity index (χ4v) is 5.78. The highest BCUT2D eigenvalue weighted by Gasteiger charge is 2.59. The van der Waals surface area contributed by atoms with Gasteiger partial charge < -0.3 is 9.47 Å². The molecule has 3 saturated carbocycles. The van der Waals surface area contributed by atoms with Gasteiger partial charge in [0.15, 0.2) is 0 Å². The number of carbonyl (C=O) groups is 2. The zero-order chi connectivity index (χ0) is 19.1. The van der Waals surface area contributed by atoms with Gasteiger partial charge >= 0.3 is 11.9 Å². The Morgan fingerprint density at radius 1 is 0.714 bits per heavy atom. The summed E-state index contributed by atoms with van der Waals surface area (Å²) in [6.45, 7) is 0. The highest BCUT2D eigenvalue weighted by atomic mass is 16.6. The first-order chi connectivity index (χ1) is 13.7. The lowest BCUT2D eigenvalue weighted by Gasteiger charge is -2.29. The van der Waals surface area contributed by atoms with E-state index in [-0.39, 0.29) is 24.1 Å². The van der Waals surface area contributed by atoms with Crippen LogP contribution in [0.2, 0.25) is 0 Å². The van der Waals surface area contributed by atoms with Gasteiger partial charge in [-0.2, -0.15) is 0 Å². The molecule has 3 aliphatic rings. The van der Waals surface area contributed by atoms with Crippen molar-refractivity contribution in [1.29, 1.82) is 0 Å². The molecule has 0 spiro atoms. The van der Waals surface area contributed by atoms with Gasteiger partial charge in [-0.1, -0.05) is 36.4 Å². The van der Waals surface area contributed by atoms with E-state index < -0.39 is 0 Å². The van der Waals surface area contributed by atoms with E-state index in [9.17, 15) is 9.59 Å². The van der Waals surface area contributed by atoms with Crippen molar-refractivity contribution in [1.82, 2.24) is 0 Å². The van der Waals surface area contributed by atoms with Gasteiger partial charge in [0, 0.05) is 5.92 Å². The minimum absolute atomic E-state index is 0.319. The molecule has 4 heteroatoms. The average Bonchev–Trinajstić information content (AvgIpc) is 3.43. The molecule has 2 aromatic rings. The highest BCUT2D eigenvalue weighted by molar-refractivity contribution is 5.90. The van der Waals surface area contributed by atoms with Crippen molar-refractivity contribution in [3.63, 3.8) is 0 Å². The number of rotatable bonds is 4. The molecule has 2 aromatic carbocycles. The second kappa shape index (κ2) is 7.08. The topological polar surface area (TPSA) is 52.6 Å². The lowest BCUT2D eigenvalue weighted by atomic mass is 9.81. The summed E-state index contributed by atoms with van der Waals surface area (Å²) in [5.74, 6) is 1.44. The largest absolute Gasteiger partial charge is 0.455 e. The predicted molar refractivity (Wildman–Crippen MR) is 104 cm³/mol. The summed E-state index contributed by atoms with van der Waals surface area (Å²) in [5.41, 5.74) is 1.08. The summed E-state index contributed by atoms with van der Waals surface area (Å²) in [7, 11) is 0. The van der Waals surface area contributed by atoms with Crippen LogP contribution < -0.4 is 0 Å². The summed E-state index contributed by atoms with van der Waals surface area (Å²) in [6.07, 6.45) is 3.78. The summed E-state index contributed by atoms with van der Waals surface area (Å²) in [4.78, 5) is 25.4. The van der Waals surface area contributed by atoms with Crippen molar-refractivity contribution in [3.05, 3.63) is 71.8 Å². The molecule has 3 aliphatic carbocycles. The smallest absolute Gasteiger partial charge is 0.338 e. The SMILES string of the molecule is O=C(OC1C2C3CCC(C3)C2C[C@H]1OC(=O)c1ccccc1)c1ccccc1. The van der Waals surface area contributed by atoms with E-state index in [0.717, 1.165) is 6.42 Å². The summed E-state index contributed by atoms with van der Waals surface area (Å²) in [5, 5.41) is 0. The first-order valence-corrected chi connectivity index (χ1v) is 10.2. The van der Waals surface area contributed by atoms with E-state index in [2.05, 4.69) is 0 Å². The van der Waals surface area contributed by atoms with Crippen molar-refractivity contribution in [2.24, 2.45) is 23.7 Å². The first kappa shape index (κ1) is 17.5. The average molecular weight is 376 g/mol. The van der Waals surface area contributed by atoms with Gasteiger partial charge in [-0.15, -0.1) is 0 Å². The maximum absolute atomic E-state index is 12.7. The molecule has 5 rings (SSSR count). The van der Waals surface area contributed by atoms with Crippen molar-refractivity contribution in [2.45, 2.75) is 37.9 Å². The van der Waals surface area contributed by atoms with Gasteiger partial charge in [-0.05, 0) is 67.7 Å².